The van der Waals surface area contributed by atoms with Crippen molar-refractivity contribution in [2.45, 2.75) is 66.0 Å². The van der Waals surface area contributed by atoms with Crippen LogP contribution in [0, 0.1) is 11.8 Å². The van der Waals surface area contributed by atoms with Gasteiger partial charge < -0.3 is 9.64 Å². The first kappa shape index (κ1) is 22.0. The summed E-state index contributed by atoms with van der Waals surface area (Å²) in [5, 5.41) is 1.75. The number of hydrogen-bond donors (Lipinski definition) is 0. The van der Waals surface area contributed by atoms with Crippen molar-refractivity contribution in [3.63, 3.8) is 0 Å². The zero-order valence-corrected chi connectivity index (χ0v) is 16.3. The fourth-order valence-electron chi connectivity index (χ4n) is 2.48. The average Bonchev–Trinajstić information content (AvgIpc) is 2.47. The molecule has 5 heteroatoms. The minimum Gasteiger partial charge on any atom is -0.462 e. The maximum atomic E-state index is 12.5. The Morgan fingerprint density at radius 2 is 1.91 bits per heavy atom. The molecule has 0 spiro atoms. The molecule has 3 atom stereocenters. The predicted molar refractivity (Wildman–Crippen MR) is 98.3 cm³/mol. The Morgan fingerprint density at radius 3 is 2.35 bits per heavy atom. The van der Waals surface area contributed by atoms with Gasteiger partial charge in [0.2, 0.25) is 5.91 Å². The summed E-state index contributed by atoms with van der Waals surface area (Å²) in [6, 6.07) is 0.0568. The molecule has 0 aromatic rings. The third kappa shape index (κ3) is 9.04. The Kier molecular flexibility index (Phi) is 11.1. The molecule has 0 saturated carbocycles. The third-order valence-electron chi connectivity index (χ3n) is 4.12. The molecule has 134 valence electrons. The van der Waals surface area contributed by atoms with Crippen molar-refractivity contribution < 1.29 is 14.3 Å². The molecule has 0 fully saturated rings. The van der Waals surface area contributed by atoms with Gasteiger partial charge in [-0.3, -0.25) is 9.59 Å². The summed E-state index contributed by atoms with van der Waals surface area (Å²) in [5.74, 6) is 1.23. The molecule has 0 N–H and O–H groups in total. The van der Waals surface area contributed by atoms with E-state index >= 15 is 0 Å². The molecule has 1 amide bonds. The summed E-state index contributed by atoms with van der Waals surface area (Å²) >= 11 is 1.53. The number of esters is 1. The van der Waals surface area contributed by atoms with Crippen LogP contribution < -0.4 is 0 Å². The van der Waals surface area contributed by atoms with Crippen LogP contribution in [0.15, 0.2) is 12.0 Å². The van der Waals surface area contributed by atoms with Crippen molar-refractivity contribution in [1.29, 1.82) is 0 Å². The molecule has 0 aromatic carbocycles. The van der Waals surface area contributed by atoms with Gasteiger partial charge in [-0.15, -0.1) is 11.8 Å². The minimum absolute atomic E-state index is 0.0568. The summed E-state index contributed by atoms with van der Waals surface area (Å²) in [6.07, 6.45) is 2.01. The fourth-order valence-corrected chi connectivity index (χ4v) is 3.03. The van der Waals surface area contributed by atoms with Crippen LogP contribution in [0.5, 0.6) is 0 Å². The van der Waals surface area contributed by atoms with Gasteiger partial charge in [0, 0.05) is 38.6 Å². The number of carbonyl (C=O) groups excluding carboxylic acids is 2. The van der Waals surface area contributed by atoms with E-state index in [4.69, 9.17) is 4.74 Å². The van der Waals surface area contributed by atoms with Crippen LogP contribution in [0.2, 0.25) is 0 Å². The molecule has 0 aliphatic rings. The topological polar surface area (TPSA) is 46.6 Å². The van der Waals surface area contributed by atoms with Crippen LogP contribution in [-0.4, -0.2) is 41.7 Å². The Morgan fingerprint density at radius 1 is 1.30 bits per heavy atom. The highest BCUT2D eigenvalue weighted by Gasteiger charge is 2.28. The summed E-state index contributed by atoms with van der Waals surface area (Å²) in [6.45, 7) is 13.5. The van der Waals surface area contributed by atoms with E-state index in [1.807, 2.05) is 11.9 Å². The smallest absolute Gasteiger partial charge is 0.302 e. The summed E-state index contributed by atoms with van der Waals surface area (Å²) < 4.78 is 5.42. The normalized spacial score (nSPS) is 14.9. The van der Waals surface area contributed by atoms with Gasteiger partial charge in [0.25, 0.3) is 0 Å². The monoisotopic (exact) mass is 343 g/mol. The van der Waals surface area contributed by atoms with Crippen LogP contribution in [0.4, 0.5) is 0 Å². The Bertz CT molecular complexity index is 384. The van der Waals surface area contributed by atoms with Gasteiger partial charge in [0.05, 0.1) is 0 Å². The second kappa shape index (κ2) is 11.5. The number of rotatable bonds is 11. The molecule has 0 aliphatic heterocycles. The summed E-state index contributed by atoms with van der Waals surface area (Å²) in [7, 11) is 1.86. The predicted octanol–water partition coefficient (Wildman–Crippen LogP) is 4.10. The standard InChI is InChI=1S/C18H33NO3S/c1-8-14(5)10-18(21)19(7)17(13(3)4)11-16(12-23-9-2)22-15(6)20/h9,13-14,16-17H,2,8,10-12H2,1,3-7H3/t14-,16?,17?/m0/s1. The highest BCUT2D eigenvalue weighted by Crippen LogP contribution is 2.21. The SMILES string of the molecule is C=CSCC(CC(C(C)C)N(C)C(=O)C[C@@H](C)CC)OC(C)=O. The number of amides is 1. The molecule has 0 heterocycles. The van der Waals surface area contributed by atoms with Gasteiger partial charge in [-0.25, -0.2) is 0 Å². The highest BCUT2D eigenvalue weighted by molar-refractivity contribution is 8.02. The molecule has 0 radical (unpaired) electrons. The third-order valence-corrected chi connectivity index (χ3v) is 4.92. The van der Waals surface area contributed by atoms with Crippen LogP contribution >= 0.6 is 11.8 Å². The summed E-state index contributed by atoms with van der Waals surface area (Å²) in [4.78, 5) is 25.6. The quantitative estimate of drug-likeness (QED) is 0.530. The lowest BCUT2D eigenvalue weighted by Crippen LogP contribution is -2.43. The second-order valence-corrected chi connectivity index (χ2v) is 7.50. The zero-order valence-electron chi connectivity index (χ0n) is 15.5. The zero-order chi connectivity index (χ0) is 18.0. The van der Waals surface area contributed by atoms with Gasteiger partial charge >= 0.3 is 5.97 Å². The van der Waals surface area contributed by atoms with Gasteiger partial charge in [-0.1, -0.05) is 40.7 Å². The lowest BCUT2D eigenvalue weighted by Gasteiger charge is -2.34. The first-order valence-corrected chi connectivity index (χ1v) is 9.43. The Hall–Kier alpha value is -0.970. The van der Waals surface area contributed by atoms with E-state index in [1.54, 1.807) is 5.41 Å². The van der Waals surface area contributed by atoms with E-state index in [1.165, 1.54) is 18.7 Å². The molecule has 0 bridgehead atoms. The average molecular weight is 344 g/mol. The lowest BCUT2D eigenvalue weighted by molar-refractivity contribution is -0.146. The number of ether oxygens (including phenoxy) is 1. The molecule has 2 unspecified atom stereocenters. The van der Waals surface area contributed by atoms with E-state index in [-0.39, 0.29) is 24.0 Å². The molecule has 23 heavy (non-hydrogen) atoms. The van der Waals surface area contributed by atoms with E-state index < -0.39 is 0 Å². The van der Waals surface area contributed by atoms with Gasteiger partial charge in [0.1, 0.15) is 6.10 Å². The van der Waals surface area contributed by atoms with Crippen molar-refractivity contribution in [1.82, 2.24) is 4.90 Å². The maximum Gasteiger partial charge on any atom is 0.302 e. The molecular formula is C18H33NO3S. The van der Waals surface area contributed by atoms with Crippen LogP contribution in [-0.2, 0) is 14.3 Å². The van der Waals surface area contributed by atoms with Gasteiger partial charge in [0.15, 0.2) is 0 Å². The molecule has 0 rings (SSSR count). The van der Waals surface area contributed by atoms with Crippen molar-refractivity contribution in [3.05, 3.63) is 12.0 Å². The largest absolute Gasteiger partial charge is 0.462 e. The molecule has 0 aliphatic carbocycles. The number of hydrogen-bond acceptors (Lipinski definition) is 4. The van der Waals surface area contributed by atoms with Crippen molar-refractivity contribution in [2.24, 2.45) is 11.8 Å². The molecular weight excluding hydrogens is 310 g/mol. The Balaban J connectivity index is 4.94. The Labute approximate surface area is 146 Å². The lowest BCUT2D eigenvalue weighted by atomic mass is 9.95. The van der Waals surface area contributed by atoms with Gasteiger partial charge in [-0.2, -0.15) is 0 Å². The molecule has 0 saturated heterocycles. The second-order valence-electron chi connectivity index (χ2n) is 6.50. The van der Waals surface area contributed by atoms with Crippen molar-refractivity contribution >= 4 is 23.6 Å². The maximum absolute atomic E-state index is 12.5. The summed E-state index contributed by atoms with van der Waals surface area (Å²) in [5.41, 5.74) is 0. The first-order valence-electron chi connectivity index (χ1n) is 8.38. The van der Waals surface area contributed by atoms with Crippen LogP contribution in [0.1, 0.15) is 53.9 Å². The van der Waals surface area contributed by atoms with Crippen LogP contribution in [0.25, 0.3) is 0 Å². The number of carbonyl (C=O) groups is 2. The molecule has 4 nitrogen and oxygen atoms in total. The van der Waals surface area contributed by atoms with Crippen molar-refractivity contribution in [2.75, 3.05) is 12.8 Å². The van der Waals surface area contributed by atoms with E-state index in [2.05, 4.69) is 34.3 Å². The van der Waals surface area contributed by atoms with E-state index in [0.717, 1.165) is 6.42 Å². The van der Waals surface area contributed by atoms with Crippen molar-refractivity contribution in [3.8, 4) is 0 Å². The number of nitrogens with zero attached hydrogens (tertiary/aromatic N) is 1. The fraction of sp³-hybridized carbons (Fsp3) is 0.778. The van der Waals surface area contributed by atoms with E-state index in [9.17, 15) is 9.59 Å². The van der Waals surface area contributed by atoms with E-state index in [0.29, 0.717) is 30.4 Å². The van der Waals surface area contributed by atoms with Gasteiger partial charge in [-0.05, 0) is 17.2 Å². The molecule has 0 aromatic heterocycles. The first-order chi connectivity index (χ1) is 10.7. The minimum atomic E-state index is -0.282. The van der Waals surface area contributed by atoms with Crippen LogP contribution in [0.3, 0.4) is 0 Å². The highest BCUT2D eigenvalue weighted by atomic mass is 32.2. The number of thioether (sulfide) groups is 1.